The van der Waals surface area contributed by atoms with E-state index < -0.39 is 0 Å². The van der Waals surface area contributed by atoms with E-state index in [1.54, 1.807) is 24.5 Å². The topological polar surface area (TPSA) is 72.9 Å². The summed E-state index contributed by atoms with van der Waals surface area (Å²) < 4.78 is 0. The Morgan fingerprint density at radius 2 is 1.83 bits per heavy atom. The second-order valence-corrected chi connectivity index (χ2v) is 6.98. The first-order valence-corrected chi connectivity index (χ1v) is 10.2. The quantitative estimate of drug-likeness (QED) is 0.253. The van der Waals surface area contributed by atoms with E-state index in [9.17, 15) is 4.79 Å². The van der Waals surface area contributed by atoms with E-state index in [1.165, 1.54) is 5.56 Å². The first-order chi connectivity index (χ1) is 14.3. The van der Waals surface area contributed by atoms with Crippen molar-refractivity contribution in [2.45, 2.75) is 13.5 Å². The zero-order valence-corrected chi connectivity index (χ0v) is 19.8. The maximum absolute atomic E-state index is 12.1. The third-order valence-electron chi connectivity index (χ3n) is 4.84. The molecule has 1 amide bonds. The summed E-state index contributed by atoms with van der Waals surface area (Å²) >= 11 is 0. The van der Waals surface area contributed by atoms with Gasteiger partial charge in [0.25, 0.3) is 5.91 Å². The molecule has 1 saturated heterocycles. The van der Waals surface area contributed by atoms with Crippen molar-refractivity contribution >= 4 is 35.8 Å². The minimum Gasteiger partial charge on any atom is -0.357 e. The molecule has 1 aromatic carbocycles. The van der Waals surface area contributed by atoms with Crippen LogP contribution in [0.3, 0.4) is 0 Å². The average molecular weight is 522 g/mol. The molecule has 2 N–H and O–H groups in total. The molecule has 2 heterocycles. The van der Waals surface area contributed by atoms with Gasteiger partial charge in [0.15, 0.2) is 5.96 Å². The summed E-state index contributed by atoms with van der Waals surface area (Å²) in [5, 5.41) is 6.26. The van der Waals surface area contributed by atoms with Gasteiger partial charge in [0.1, 0.15) is 0 Å². The highest BCUT2D eigenvalue weighted by Crippen LogP contribution is 2.08. The number of hydrogen-bond acceptors (Lipinski definition) is 4. The number of benzene rings is 1. The van der Waals surface area contributed by atoms with Crippen LogP contribution >= 0.6 is 24.0 Å². The Hall–Kier alpha value is -2.20. The summed E-state index contributed by atoms with van der Waals surface area (Å²) in [5.74, 6) is 0.801. The van der Waals surface area contributed by atoms with Gasteiger partial charge in [-0.15, -0.1) is 24.0 Å². The van der Waals surface area contributed by atoms with E-state index >= 15 is 0 Å². The monoisotopic (exact) mass is 522 g/mol. The standard InChI is InChI=1S/C22H30N6O.HI/c1-2-24-22(26-12-11-25-21(29)20-9-6-10-23-17-20)28-15-13-27(14-16-28)18-19-7-4-3-5-8-19;/h3-10,17H,2,11-16,18H2,1H3,(H,24,26)(H,25,29);1H. The number of hydrogen-bond donors (Lipinski definition) is 2. The van der Waals surface area contributed by atoms with Gasteiger partial charge < -0.3 is 15.5 Å². The molecule has 0 saturated carbocycles. The van der Waals surface area contributed by atoms with E-state index in [-0.39, 0.29) is 29.9 Å². The van der Waals surface area contributed by atoms with Crippen molar-refractivity contribution < 1.29 is 4.79 Å². The zero-order chi connectivity index (χ0) is 20.3. The van der Waals surface area contributed by atoms with E-state index in [4.69, 9.17) is 4.99 Å². The number of amides is 1. The molecule has 0 aliphatic carbocycles. The second-order valence-electron chi connectivity index (χ2n) is 6.98. The van der Waals surface area contributed by atoms with Gasteiger partial charge in [-0.3, -0.25) is 19.7 Å². The fourth-order valence-corrected chi connectivity index (χ4v) is 3.32. The van der Waals surface area contributed by atoms with Gasteiger partial charge in [-0.05, 0) is 24.6 Å². The molecular formula is C22H31IN6O. The molecule has 8 heteroatoms. The van der Waals surface area contributed by atoms with Crippen molar-refractivity contribution in [2.75, 3.05) is 45.8 Å². The Labute approximate surface area is 196 Å². The summed E-state index contributed by atoms with van der Waals surface area (Å²) in [6, 6.07) is 14.1. The van der Waals surface area contributed by atoms with E-state index in [1.807, 2.05) is 0 Å². The Kier molecular flexibility index (Phi) is 10.6. The Bertz CT molecular complexity index is 779. The van der Waals surface area contributed by atoms with Gasteiger partial charge >= 0.3 is 0 Å². The first kappa shape index (κ1) is 24.1. The molecule has 0 spiro atoms. The minimum atomic E-state index is -0.118. The lowest BCUT2D eigenvalue weighted by Gasteiger charge is -2.36. The predicted molar refractivity (Wildman–Crippen MR) is 131 cm³/mol. The molecule has 7 nitrogen and oxygen atoms in total. The van der Waals surface area contributed by atoms with E-state index in [0.717, 1.165) is 45.2 Å². The Morgan fingerprint density at radius 3 is 2.50 bits per heavy atom. The maximum atomic E-state index is 12.1. The van der Waals surface area contributed by atoms with Crippen molar-refractivity contribution in [3.05, 3.63) is 66.0 Å². The van der Waals surface area contributed by atoms with Crippen molar-refractivity contribution in [3.63, 3.8) is 0 Å². The van der Waals surface area contributed by atoms with Gasteiger partial charge in [0, 0.05) is 58.2 Å². The van der Waals surface area contributed by atoms with Crippen LogP contribution in [0.1, 0.15) is 22.8 Å². The predicted octanol–water partition coefficient (Wildman–Crippen LogP) is 2.21. The molecule has 1 aliphatic heterocycles. The lowest BCUT2D eigenvalue weighted by Crippen LogP contribution is -2.52. The molecule has 0 radical (unpaired) electrons. The first-order valence-electron chi connectivity index (χ1n) is 10.2. The van der Waals surface area contributed by atoms with Crippen LogP contribution in [0.25, 0.3) is 0 Å². The fraction of sp³-hybridized carbons (Fsp3) is 0.409. The number of halogens is 1. The Balaban J connectivity index is 0.00000320. The summed E-state index contributed by atoms with van der Waals surface area (Å²) in [5.41, 5.74) is 1.92. The van der Waals surface area contributed by atoms with Crippen LogP contribution in [-0.2, 0) is 6.54 Å². The molecule has 1 aromatic heterocycles. The van der Waals surface area contributed by atoms with Crippen molar-refractivity contribution in [1.29, 1.82) is 0 Å². The largest absolute Gasteiger partial charge is 0.357 e. The molecular weight excluding hydrogens is 491 g/mol. The highest BCUT2D eigenvalue weighted by Gasteiger charge is 2.19. The van der Waals surface area contributed by atoms with Gasteiger partial charge in [-0.2, -0.15) is 0 Å². The number of aromatic nitrogens is 1. The fourth-order valence-electron chi connectivity index (χ4n) is 3.32. The van der Waals surface area contributed by atoms with Crippen LogP contribution in [0.15, 0.2) is 59.9 Å². The second kappa shape index (κ2) is 13.2. The SMILES string of the molecule is CCNC(=NCCNC(=O)c1cccnc1)N1CCN(Cc2ccccc2)CC1.I. The molecule has 1 fully saturated rings. The van der Waals surface area contributed by atoms with Crippen LogP contribution in [0.5, 0.6) is 0 Å². The lowest BCUT2D eigenvalue weighted by atomic mass is 10.2. The van der Waals surface area contributed by atoms with Gasteiger partial charge in [-0.25, -0.2) is 0 Å². The van der Waals surface area contributed by atoms with Gasteiger partial charge in [-0.1, -0.05) is 30.3 Å². The number of rotatable bonds is 7. The van der Waals surface area contributed by atoms with Crippen LogP contribution in [-0.4, -0.2) is 72.5 Å². The molecule has 0 bridgehead atoms. The summed E-state index contributed by atoms with van der Waals surface area (Å²) in [6.45, 7) is 8.84. The number of nitrogens with one attached hydrogen (secondary N) is 2. The van der Waals surface area contributed by atoms with Crippen LogP contribution < -0.4 is 10.6 Å². The smallest absolute Gasteiger partial charge is 0.252 e. The van der Waals surface area contributed by atoms with Gasteiger partial charge in [0.2, 0.25) is 0 Å². The lowest BCUT2D eigenvalue weighted by molar-refractivity contribution is 0.0954. The van der Waals surface area contributed by atoms with E-state index in [0.29, 0.717) is 18.7 Å². The number of piperazine rings is 1. The van der Waals surface area contributed by atoms with Crippen LogP contribution in [0.4, 0.5) is 0 Å². The van der Waals surface area contributed by atoms with Crippen molar-refractivity contribution in [1.82, 2.24) is 25.4 Å². The van der Waals surface area contributed by atoms with Gasteiger partial charge in [0.05, 0.1) is 12.1 Å². The number of aliphatic imine (C=N–C) groups is 1. The zero-order valence-electron chi connectivity index (χ0n) is 17.5. The number of pyridine rings is 1. The van der Waals surface area contributed by atoms with Crippen molar-refractivity contribution in [2.24, 2.45) is 4.99 Å². The normalized spacial score (nSPS) is 14.7. The van der Waals surface area contributed by atoms with Crippen molar-refractivity contribution in [3.8, 4) is 0 Å². The highest BCUT2D eigenvalue weighted by molar-refractivity contribution is 14.0. The minimum absolute atomic E-state index is 0. The molecule has 1 aliphatic rings. The van der Waals surface area contributed by atoms with E-state index in [2.05, 4.69) is 62.7 Å². The molecule has 3 rings (SSSR count). The number of carbonyl (C=O) groups excluding carboxylic acids is 1. The third-order valence-corrected chi connectivity index (χ3v) is 4.84. The number of carbonyl (C=O) groups is 1. The van der Waals surface area contributed by atoms with Crippen LogP contribution in [0.2, 0.25) is 0 Å². The highest BCUT2D eigenvalue weighted by atomic mass is 127. The summed E-state index contributed by atoms with van der Waals surface area (Å²) in [7, 11) is 0. The molecule has 2 aromatic rings. The third kappa shape index (κ3) is 7.56. The number of guanidine groups is 1. The maximum Gasteiger partial charge on any atom is 0.252 e. The van der Waals surface area contributed by atoms with Crippen LogP contribution in [0, 0.1) is 0 Å². The number of nitrogens with zero attached hydrogens (tertiary/aromatic N) is 4. The molecule has 30 heavy (non-hydrogen) atoms. The average Bonchev–Trinajstić information content (AvgIpc) is 2.78. The summed E-state index contributed by atoms with van der Waals surface area (Å²) in [4.78, 5) is 25.5. The summed E-state index contributed by atoms with van der Waals surface area (Å²) in [6.07, 6.45) is 3.22. The molecule has 0 atom stereocenters. The Morgan fingerprint density at radius 1 is 1.07 bits per heavy atom. The molecule has 0 unspecified atom stereocenters. The molecule has 162 valence electrons.